The van der Waals surface area contributed by atoms with Crippen LogP contribution in [0.4, 0.5) is 5.69 Å². The third-order valence-electron chi connectivity index (χ3n) is 4.53. The van der Waals surface area contributed by atoms with Crippen LogP contribution in [0.1, 0.15) is 44.1 Å². The summed E-state index contributed by atoms with van der Waals surface area (Å²) >= 11 is 5.97. The summed E-state index contributed by atoms with van der Waals surface area (Å²) in [6.07, 6.45) is 4.85. The molecule has 0 N–H and O–H groups in total. The lowest BCUT2D eigenvalue weighted by Crippen LogP contribution is -2.37. The van der Waals surface area contributed by atoms with Gasteiger partial charge in [0.1, 0.15) is 6.07 Å². The topological polar surface area (TPSA) is 61.2 Å². The zero-order valence-corrected chi connectivity index (χ0v) is 12.3. The predicted octanol–water partition coefficient (Wildman–Crippen LogP) is 3.43. The summed E-state index contributed by atoms with van der Waals surface area (Å²) in [4.78, 5) is 26.4. The van der Waals surface area contributed by atoms with Crippen LogP contribution in [0, 0.1) is 16.7 Å². The quantitative estimate of drug-likeness (QED) is 0.747. The second-order valence-corrected chi connectivity index (χ2v) is 6.26. The van der Waals surface area contributed by atoms with E-state index in [1.807, 2.05) is 6.07 Å². The van der Waals surface area contributed by atoms with Crippen molar-refractivity contribution >= 4 is 29.1 Å². The number of hydrogen-bond acceptors (Lipinski definition) is 3. The molecule has 3 rings (SSSR count). The van der Waals surface area contributed by atoms with Gasteiger partial charge in [-0.15, -0.1) is 0 Å². The number of anilines is 1. The molecule has 0 unspecified atom stereocenters. The third kappa shape index (κ3) is 2.22. The van der Waals surface area contributed by atoms with Crippen LogP contribution in [0.5, 0.6) is 0 Å². The van der Waals surface area contributed by atoms with Crippen molar-refractivity contribution < 1.29 is 9.59 Å². The Morgan fingerprint density at radius 3 is 2.57 bits per heavy atom. The molecule has 0 atom stereocenters. The molecule has 1 spiro atoms. The first-order chi connectivity index (χ1) is 10.1. The molecule has 1 aromatic rings. The zero-order valence-electron chi connectivity index (χ0n) is 11.6. The Balaban J connectivity index is 2.04. The number of nitrogens with zero attached hydrogens (tertiary/aromatic N) is 2. The molecule has 1 saturated carbocycles. The minimum Gasteiger partial charge on any atom is -0.274 e. The minimum absolute atomic E-state index is 0.161. The first-order valence-corrected chi connectivity index (χ1v) is 7.52. The lowest BCUT2D eigenvalue weighted by atomic mass is 9.73. The molecule has 21 heavy (non-hydrogen) atoms. The minimum atomic E-state index is -0.551. The highest BCUT2D eigenvalue weighted by Gasteiger charge is 2.52. The van der Waals surface area contributed by atoms with Crippen LogP contribution in [0.15, 0.2) is 18.2 Å². The molecule has 1 aliphatic carbocycles. The molecule has 4 nitrogen and oxygen atoms in total. The maximum Gasteiger partial charge on any atom is 0.240 e. The highest BCUT2D eigenvalue weighted by Crippen LogP contribution is 2.47. The summed E-state index contributed by atoms with van der Waals surface area (Å²) < 4.78 is 0. The summed E-state index contributed by atoms with van der Waals surface area (Å²) in [5, 5.41) is 9.61. The number of halogens is 1. The van der Waals surface area contributed by atoms with Crippen LogP contribution in [0.3, 0.4) is 0 Å². The van der Waals surface area contributed by atoms with Crippen LogP contribution < -0.4 is 4.90 Å². The summed E-state index contributed by atoms with van der Waals surface area (Å²) in [6, 6.07) is 6.69. The second kappa shape index (κ2) is 5.16. The highest BCUT2D eigenvalue weighted by atomic mass is 35.5. The van der Waals surface area contributed by atoms with Crippen molar-refractivity contribution in [3.05, 3.63) is 28.8 Å². The van der Waals surface area contributed by atoms with Crippen molar-refractivity contribution in [3.8, 4) is 6.07 Å². The number of imide groups is 1. The van der Waals surface area contributed by atoms with Gasteiger partial charge < -0.3 is 0 Å². The van der Waals surface area contributed by atoms with Gasteiger partial charge in [-0.2, -0.15) is 5.26 Å². The van der Waals surface area contributed by atoms with E-state index < -0.39 is 5.41 Å². The largest absolute Gasteiger partial charge is 0.274 e. The van der Waals surface area contributed by atoms with Gasteiger partial charge in [-0.05, 0) is 31.0 Å². The third-order valence-corrected chi connectivity index (χ3v) is 4.76. The van der Waals surface area contributed by atoms with Gasteiger partial charge >= 0.3 is 0 Å². The van der Waals surface area contributed by atoms with Crippen molar-refractivity contribution in [1.29, 1.82) is 5.26 Å². The first kappa shape index (κ1) is 14.1. The molecular weight excluding hydrogens is 288 g/mol. The van der Waals surface area contributed by atoms with E-state index in [1.165, 1.54) is 11.0 Å². The molecule has 1 saturated heterocycles. The molecular formula is C16H15ClN2O2. The maximum atomic E-state index is 12.8. The van der Waals surface area contributed by atoms with Crippen LogP contribution in [-0.4, -0.2) is 11.8 Å². The van der Waals surface area contributed by atoms with Crippen molar-refractivity contribution in [2.75, 3.05) is 4.90 Å². The Morgan fingerprint density at radius 1 is 1.19 bits per heavy atom. The molecule has 5 heteroatoms. The zero-order chi connectivity index (χ0) is 15.0. The Labute approximate surface area is 128 Å². The van der Waals surface area contributed by atoms with Gasteiger partial charge in [-0.3, -0.25) is 9.59 Å². The first-order valence-electron chi connectivity index (χ1n) is 7.14. The smallest absolute Gasteiger partial charge is 0.240 e. The number of hydrogen-bond donors (Lipinski definition) is 0. The number of benzene rings is 1. The molecule has 2 aliphatic rings. The van der Waals surface area contributed by atoms with E-state index in [0.29, 0.717) is 16.3 Å². The average molecular weight is 303 g/mol. The Hall–Kier alpha value is -1.86. The van der Waals surface area contributed by atoms with Gasteiger partial charge in [0.25, 0.3) is 0 Å². The molecule has 0 bridgehead atoms. The van der Waals surface area contributed by atoms with E-state index in [4.69, 9.17) is 11.6 Å². The Kier molecular flexibility index (Phi) is 3.46. The van der Waals surface area contributed by atoms with E-state index in [2.05, 4.69) is 0 Å². The van der Waals surface area contributed by atoms with Gasteiger partial charge in [0, 0.05) is 11.4 Å². The number of rotatable bonds is 1. The van der Waals surface area contributed by atoms with Crippen LogP contribution in [0.2, 0.25) is 5.02 Å². The van der Waals surface area contributed by atoms with Gasteiger partial charge in [0.05, 0.1) is 16.7 Å². The Bertz CT molecular complexity index is 657. The fraction of sp³-hybridized carbons (Fsp3) is 0.438. The predicted molar refractivity (Wildman–Crippen MR) is 78.8 cm³/mol. The van der Waals surface area contributed by atoms with E-state index in [0.717, 1.165) is 32.1 Å². The van der Waals surface area contributed by atoms with E-state index >= 15 is 0 Å². The summed E-state index contributed by atoms with van der Waals surface area (Å²) in [6.45, 7) is 0. The normalized spacial score (nSPS) is 20.9. The van der Waals surface area contributed by atoms with Gasteiger partial charge in [-0.25, -0.2) is 4.90 Å². The lowest BCUT2D eigenvalue weighted by molar-refractivity contribution is -0.127. The SMILES string of the molecule is N#Cc1ccc(Cl)cc1N1C(=O)CC2(CCCCC2)C1=O. The summed E-state index contributed by atoms with van der Waals surface area (Å²) in [5.41, 5.74) is 0.0705. The fourth-order valence-corrected chi connectivity index (χ4v) is 3.61. The molecule has 0 aromatic heterocycles. The maximum absolute atomic E-state index is 12.8. The van der Waals surface area contributed by atoms with Crippen LogP contribution in [0.25, 0.3) is 0 Å². The van der Waals surface area contributed by atoms with Crippen molar-refractivity contribution in [3.63, 3.8) is 0 Å². The molecule has 0 radical (unpaired) electrons. The lowest BCUT2D eigenvalue weighted by Gasteiger charge is -2.30. The molecule has 1 heterocycles. The van der Waals surface area contributed by atoms with Gasteiger partial charge in [0.15, 0.2) is 0 Å². The second-order valence-electron chi connectivity index (χ2n) is 5.83. The number of amides is 2. The van der Waals surface area contributed by atoms with E-state index in [1.54, 1.807) is 12.1 Å². The van der Waals surface area contributed by atoms with Crippen molar-refractivity contribution in [1.82, 2.24) is 0 Å². The van der Waals surface area contributed by atoms with E-state index in [9.17, 15) is 14.9 Å². The fourth-order valence-electron chi connectivity index (χ4n) is 3.44. The molecule has 1 aromatic carbocycles. The number of nitriles is 1. The number of carbonyl (C=O) groups excluding carboxylic acids is 2. The monoisotopic (exact) mass is 302 g/mol. The summed E-state index contributed by atoms with van der Waals surface area (Å²) in [5.74, 6) is -0.383. The van der Waals surface area contributed by atoms with Crippen molar-refractivity contribution in [2.24, 2.45) is 5.41 Å². The highest BCUT2D eigenvalue weighted by molar-refractivity contribution is 6.31. The average Bonchev–Trinajstić information content (AvgIpc) is 2.70. The number of carbonyl (C=O) groups is 2. The van der Waals surface area contributed by atoms with Crippen LogP contribution >= 0.6 is 11.6 Å². The molecule has 1 aliphatic heterocycles. The standard InChI is InChI=1S/C16H15ClN2O2/c17-12-5-4-11(10-18)13(8-12)19-14(20)9-16(15(19)21)6-2-1-3-7-16/h4-5,8H,1-3,6-7,9H2. The molecule has 2 fully saturated rings. The van der Waals surface area contributed by atoms with Gasteiger partial charge in [-0.1, -0.05) is 30.9 Å². The Morgan fingerprint density at radius 2 is 1.90 bits per heavy atom. The van der Waals surface area contributed by atoms with Crippen LogP contribution in [-0.2, 0) is 9.59 Å². The van der Waals surface area contributed by atoms with Gasteiger partial charge in [0.2, 0.25) is 11.8 Å². The van der Waals surface area contributed by atoms with E-state index in [-0.39, 0.29) is 18.2 Å². The molecule has 108 valence electrons. The molecule has 2 amide bonds. The van der Waals surface area contributed by atoms with Crippen molar-refractivity contribution in [2.45, 2.75) is 38.5 Å². The summed E-state index contributed by atoms with van der Waals surface area (Å²) in [7, 11) is 0.